The van der Waals surface area contributed by atoms with E-state index in [1.807, 2.05) is 0 Å². The number of rotatable bonds is 4. The molecule has 0 bridgehead atoms. The van der Waals surface area contributed by atoms with E-state index >= 15 is 0 Å². The molecule has 12 heavy (non-hydrogen) atoms. The lowest BCUT2D eigenvalue weighted by Crippen LogP contribution is -2.26. The number of nitrogens with zero attached hydrogens (tertiary/aromatic N) is 1. The lowest BCUT2D eigenvalue weighted by Gasteiger charge is -2.09. The van der Waals surface area contributed by atoms with Gasteiger partial charge in [0.25, 0.3) is 0 Å². The predicted octanol–water partition coefficient (Wildman–Crippen LogP) is 1.77. The van der Waals surface area contributed by atoms with Crippen LogP contribution >= 0.6 is 11.8 Å². The summed E-state index contributed by atoms with van der Waals surface area (Å²) >= 11 is 2.05. The van der Waals surface area contributed by atoms with Crippen LogP contribution < -0.4 is 5.32 Å². The number of nitriles is 1. The lowest BCUT2D eigenvalue weighted by atomic mass is 10.2. The van der Waals surface area contributed by atoms with Crippen LogP contribution in [0.4, 0.5) is 0 Å². The van der Waals surface area contributed by atoms with E-state index < -0.39 is 0 Å². The van der Waals surface area contributed by atoms with Gasteiger partial charge in [-0.25, -0.2) is 0 Å². The van der Waals surface area contributed by atoms with Gasteiger partial charge in [0.1, 0.15) is 0 Å². The Labute approximate surface area is 78.7 Å². The third-order valence-electron chi connectivity index (χ3n) is 2.26. The molecule has 0 aliphatic heterocycles. The van der Waals surface area contributed by atoms with Gasteiger partial charge in [-0.2, -0.15) is 17.0 Å². The molecule has 2 unspecified atom stereocenters. The van der Waals surface area contributed by atoms with Crippen LogP contribution in [0, 0.1) is 11.3 Å². The standard InChI is InChI=1S/C9H16N2S/c1-2-12-9-4-3-8(7-9)11-6-5-10/h8-9,11H,2-4,6-7H2,1H3. The van der Waals surface area contributed by atoms with E-state index in [4.69, 9.17) is 5.26 Å². The highest BCUT2D eigenvalue weighted by atomic mass is 32.2. The minimum atomic E-state index is 0.508. The van der Waals surface area contributed by atoms with Gasteiger partial charge in [0.2, 0.25) is 0 Å². The van der Waals surface area contributed by atoms with Gasteiger partial charge in [-0.05, 0) is 25.0 Å². The fourth-order valence-corrected chi connectivity index (χ4v) is 2.85. The van der Waals surface area contributed by atoms with Gasteiger partial charge in [-0.15, -0.1) is 0 Å². The molecule has 1 fully saturated rings. The first-order chi connectivity index (χ1) is 5.86. The Kier molecular flexibility index (Phi) is 4.49. The van der Waals surface area contributed by atoms with Crippen molar-refractivity contribution in [3.8, 4) is 6.07 Å². The van der Waals surface area contributed by atoms with Gasteiger partial charge in [0, 0.05) is 11.3 Å². The molecule has 1 saturated carbocycles. The van der Waals surface area contributed by atoms with Crippen LogP contribution in [0.15, 0.2) is 0 Å². The van der Waals surface area contributed by atoms with Crippen LogP contribution in [0.2, 0.25) is 0 Å². The maximum Gasteiger partial charge on any atom is 0.0843 e. The SMILES string of the molecule is CCSC1CCC(NCC#N)C1. The molecule has 1 N–H and O–H groups in total. The van der Waals surface area contributed by atoms with Crippen LogP contribution in [0.25, 0.3) is 0 Å². The summed E-state index contributed by atoms with van der Waals surface area (Å²) in [6, 6.07) is 2.73. The van der Waals surface area contributed by atoms with E-state index in [1.54, 1.807) is 0 Å². The van der Waals surface area contributed by atoms with E-state index in [0.29, 0.717) is 12.6 Å². The van der Waals surface area contributed by atoms with Crippen LogP contribution in [-0.2, 0) is 0 Å². The van der Waals surface area contributed by atoms with E-state index in [0.717, 1.165) is 5.25 Å². The summed E-state index contributed by atoms with van der Waals surface area (Å²) in [5, 5.41) is 12.5. The molecular formula is C9H16N2S. The molecule has 1 aliphatic rings. The lowest BCUT2D eigenvalue weighted by molar-refractivity contribution is 0.560. The Morgan fingerprint density at radius 1 is 1.58 bits per heavy atom. The largest absolute Gasteiger partial charge is 0.302 e. The first-order valence-electron chi connectivity index (χ1n) is 4.58. The Bertz CT molecular complexity index is 164. The molecular weight excluding hydrogens is 168 g/mol. The van der Waals surface area contributed by atoms with Crippen molar-refractivity contribution in [2.24, 2.45) is 0 Å². The van der Waals surface area contributed by atoms with Crippen molar-refractivity contribution >= 4 is 11.8 Å². The van der Waals surface area contributed by atoms with Crippen molar-refractivity contribution in [3.05, 3.63) is 0 Å². The smallest absolute Gasteiger partial charge is 0.0843 e. The molecule has 68 valence electrons. The molecule has 2 atom stereocenters. The molecule has 0 amide bonds. The van der Waals surface area contributed by atoms with Gasteiger partial charge in [-0.1, -0.05) is 6.92 Å². The summed E-state index contributed by atoms with van der Waals surface area (Å²) in [6.45, 7) is 2.72. The zero-order valence-electron chi connectivity index (χ0n) is 7.55. The zero-order valence-corrected chi connectivity index (χ0v) is 8.36. The second kappa shape index (κ2) is 5.45. The number of hydrogen-bond donors (Lipinski definition) is 1. The number of thioether (sulfide) groups is 1. The second-order valence-electron chi connectivity index (χ2n) is 3.13. The molecule has 0 aromatic heterocycles. The summed E-state index contributed by atoms with van der Waals surface area (Å²) in [4.78, 5) is 0. The highest BCUT2D eigenvalue weighted by Gasteiger charge is 2.23. The molecule has 0 saturated heterocycles. The van der Waals surface area contributed by atoms with E-state index in [1.165, 1.54) is 25.0 Å². The summed E-state index contributed by atoms with van der Waals surface area (Å²) in [5.41, 5.74) is 0. The van der Waals surface area contributed by atoms with Crippen LogP contribution in [0.3, 0.4) is 0 Å². The fraction of sp³-hybridized carbons (Fsp3) is 0.889. The molecule has 0 aromatic rings. The normalized spacial score (nSPS) is 28.7. The first kappa shape index (κ1) is 9.88. The van der Waals surface area contributed by atoms with E-state index in [2.05, 4.69) is 30.1 Å². The Morgan fingerprint density at radius 3 is 3.08 bits per heavy atom. The monoisotopic (exact) mass is 184 g/mol. The van der Waals surface area contributed by atoms with Crippen LogP contribution in [0.5, 0.6) is 0 Å². The Hall–Kier alpha value is -0.200. The zero-order chi connectivity index (χ0) is 8.81. The van der Waals surface area contributed by atoms with Gasteiger partial charge in [-0.3, -0.25) is 0 Å². The second-order valence-corrected chi connectivity index (χ2v) is 4.70. The minimum absolute atomic E-state index is 0.508. The molecule has 2 nitrogen and oxygen atoms in total. The van der Waals surface area contributed by atoms with Crippen molar-refractivity contribution in [1.82, 2.24) is 5.32 Å². The molecule has 0 radical (unpaired) electrons. The van der Waals surface area contributed by atoms with Crippen LogP contribution in [0.1, 0.15) is 26.2 Å². The maximum absolute atomic E-state index is 8.38. The van der Waals surface area contributed by atoms with Gasteiger partial charge in [0.15, 0.2) is 0 Å². The molecule has 0 heterocycles. The van der Waals surface area contributed by atoms with Gasteiger partial charge >= 0.3 is 0 Å². The Balaban J connectivity index is 2.13. The van der Waals surface area contributed by atoms with Gasteiger partial charge < -0.3 is 5.32 Å². The highest BCUT2D eigenvalue weighted by molar-refractivity contribution is 7.99. The van der Waals surface area contributed by atoms with Crippen molar-refractivity contribution < 1.29 is 0 Å². The van der Waals surface area contributed by atoms with Crippen LogP contribution in [-0.4, -0.2) is 23.6 Å². The summed E-state index contributed by atoms with van der Waals surface area (Å²) < 4.78 is 0. The van der Waals surface area contributed by atoms with Crippen molar-refractivity contribution in [1.29, 1.82) is 5.26 Å². The molecule has 1 rings (SSSR count). The fourth-order valence-electron chi connectivity index (χ4n) is 1.70. The summed E-state index contributed by atoms with van der Waals surface area (Å²) in [6.07, 6.45) is 3.82. The van der Waals surface area contributed by atoms with Gasteiger partial charge in [0.05, 0.1) is 12.6 Å². The molecule has 0 spiro atoms. The van der Waals surface area contributed by atoms with Crippen molar-refractivity contribution in [2.75, 3.05) is 12.3 Å². The highest BCUT2D eigenvalue weighted by Crippen LogP contribution is 2.29. The Morgan fingerprint density at radius 2 is 2.42 bits per heavy atom. The van der Waals surface area contributed by atoms with Crippen molar-refractivity contribution in [3.63, 3.8) is 0 Å². The molecule has 1 aliphatic carbocycles. The van der Waals surface area contributed by atoms with E-state index in [-0.39, 0.29) is 0 Å². The topological polar surface area (TPSA) is 35.8 Å². The molecule has 3 heteroatoms. The number of hydrogen-bond acceptors (Lipinski definition) is 3. The summed E-state index contributed by atoms with van der Waals surface area (Å²) in [5.74, 6) is 1.22. The summed E-state index contributed by atoms with van der Waals surface area (Å²) in [7, 11) is 0. The average molecular weight is 184 g/mol. The quantitative estimate of drug-likeness (QED) is 0.676. The van der Waals surface area contributed by atoms with E-state index in [9.17, 15) is 0 Å². The number of nitrogens with one attached hydrogen (secondary N) is 1. The van der Waals surface area contributed by atoms with Crippen molar-refractivity contribution in [2.45, 2.75) is 37.5 Å². The third-order valence-corrected chi connectivity index (χ3v) is 3.49. The minimum Gasteiger partial charge on any atom is -0.302 e. The average Bonchev–Trinajstić information content (AvgIpc) is 2.50. The first-order valence-corrected chi connectivity index (χ1v) is 5.63. The maximum atomic E-state index is 8.38. The third kappa shape index (κ3) is 3.04. The molecule has 0 aromatic carbocycles. The predicted molar refractivity (Wildman–Crippen MR) is 53.2 cm³/mol.